The molecule has 0 bridgehead atoms. The zero-order chi connectivity index (χ0) is 25.7. The first-order valence-corrected chi connectivity index (χ1v) is 13.7. The minimum Gasteiger partial charge on any atom is -0.353 e. The lowest BCUT2D eigenvalue weighted by Crippen LogP contribution is -2.49. The van der Waals surface area contributed by atoms with E-state index in [2.05, 4.69) is 44.3 Å². The van der Waals surface area contributed by atoms with Crippen LogP contribution in [0.4, 0.5) is 5.82 Å². The molecule has 2 aromatic heterocycles. The van der Waals surface area contributed by atoms with Crippen molar-refractivity contribution < 1.29 is 9.32 Å². The van der Waals surface area contributed by atoms with Crippen LogP contribution in [-0.2, 0) is 4.79 Å². The van der Waals surface area contributed by atoms with Crippen molar-refractivity contribution in [1.82, 2.24) is 20.0 Å². The second kappa shape index (κ2) is 11.2. The number of carbonyl (C=O) groups excluding carboxylic acids is 1. The van der Waals surface area contributed by atoms with Crippen molar-refractivity contribution in [2.75, 3.05) is 31.1 Å². The summed E-state index contributed by atoms with van der Waals surface area (Å²) in [5.41, 5.74) is 3.21. The highest BCUT2D eigenvalue weighted by atomic mass is 16.5. The Kier molecular flexibility index (Phi) is 7.16. The van der Waals surface area contributed by atoms with Crippen LogP contribution < -0.4 is 4.90 Å². The van der Waals surface area contributed by atoms with Crippen LogP contribution in [0.2, 0.25) is 0 Å². The van der Waals surface area contributed by atoms with Crippen LogP contribution in [0.5, 0.6) is 0 Å². The largest absolute Gasteiger partial charge is 0.353 e. The van der Waals surface area contributed by atoms with Gasteiger partial charge in [0, 0.05) is 56.2 Å². The number of piperazine rings is 1. The molecule has 1 saturated carbocycles. The van der Waals surface area contributed by atoms with Crippen LogP contribution in [0.1, 0.15) is 61.0 Å². The normalized spacial score (nSPS) is 16.3. The Hall–Kier alpha value is -4.00. The number of nitrogens with zero attached hydrogens (tertiary/aromatic N) is 5. The Bertz CT molecular complexity index is 1290. The molecule has 4 aromatic rings. The first-order chi connectivity index (χ1) is 18.7. The Morgan fingerprint density at radius 2 is 1.53 bits per heavy atom. The summed E-state index contributed by atoms with van der Waals surface area (Å²) in [6.45, 7) is 2.89. The Morgan fingerprint density at radius 3 is 2.13 bits per heavy atom. The fourth-order valence-electron chi connectivity index (χ4n) is 5.68. The summed E-state index contributed by atoms with van der Waals surface area (Å²) in [6.07, 6.45) is 7.02. The predicted octanol–water partition coefficient (Wildman–Crippen LogP) is 5.66. The van der Waals surface area contributed by atoms with E-state index < -0.39 is 0 Å². The number of pyridine rings is 1. The summed E-state index contributed by atoms with van der Waals surface area (Å²) in [5.74, 6) is 2.92. The third kappa shape index (κ3) is 5.32. The van der Waals surface area contributed by atoms with Crippen molar-refractivity contribution in [3.05, 3.63) is 96.0 Å². The maximum Gasteiger partial charge on any atom is 0.230 e. The molecule has 0 unspecified atom stereocenters. The Balaban J connectivity index is 1.07. The number of aromatic nitrogens is 3. The fourth-order valence-corrected chi connectivity index (χ4v) is 5.68. The maximum absolute atomic E-state index is 13.4. The van der Waals surface area contributed by atoms with Crippen LogP contribution in [0.25, 0.3) is 11.4 Å². The molecule has 6 rings (SSSR count). The van der Waals surface area contributed by atoms with Crippen LogP contribution in [0.15, 0.2) is 83.5 Å². The highest BCUT2D eigenvalue weighted by Crippen LogP contribution is 2.34. The van der Waals surface area contributed by atoms with Gasteiger partial charge in [-0.15, -0.1) is 0 Å². The molecule has 2 aromatic carbocycles. The molecule has 1 saturated heterocycles. The molecule has 1 aliphatic heterocycles. The van der Waals surface area contributed by atoms with Crippen molar-refractivity contribution in [3.8, 4) is 11.4 Å². The van der Waals surface area contributed by atoms with Gasteiger partial charge in [0.2, 0.25) is 17.6 Å². The predicted molar refractivity (Wildman–Crippen MR) is 147 cm³/mol. The summed E-state index contributed by atoms with van der Waals surface area (Å²) in [6, 6.07) is 24.7. The quantitative estimate of drug-likeness (QED) is 0.321. The van der Waals surface area contributed by atoms with Crippen molar-refractivity contribution in [1.29, 1.82) is 0 Å². The molecule has 2 fully saturated rings. The fraction of sp³-hybridized carbons (Fsp3) is 0.355. The SMILES string of the molecule is O=C(CC(c1ccccc1)c1ccccc1)N1CCN(c2ccc(-c3noc(C4CCCC4)n3)cn2)CC1. The molecule has 7 nitrogen and oxygen atoms in total. The van der Waals surface area contributed by atoms with E-state index in [0.29, 0.717) is 31.3 Å². The lowest BCUT2D eigenvalue weighted by Gasteiger charge is -2.36. The average Bonchev–Trinajstić information content (AvgIpc) is 3.70. The number of hydrogen-bond acceptors (Lipinski definition) is 6. The van der Waals surface area contributed by atoms with Gasteiger partial charge in [-0.3, -0.25) is 4.79 Å². The van der Waals surface area contributed by atoms with Crippen LogP contribution in [-0.4, -0.2) is 52.1 Å². The lowest BCUT2D eigenvalue weighted by atomic mass is 9.88. The molecule has 0 radical (unpaired) electrons. The number of amides is 1. The molecule has 0 atom stereocenters. The minimum atomic E-state index is 0.0523. The molecule has 38 heavy (non-hydrogen) atoms. The van der Waals surface area contributed by atoms with Crippen LogP contribution in [0.3, 0.4) is 0 Å². The van der Waals surface area contributed by atoms with Crippen LogP contribution in [0, 0.1) is 0 Å². The summed E-state index contributed by atoms with van der Waals surface area (Å²) >= 11 is 0. The number of anilines is 1. The molecule has 0 N–H and O–H groups in total. The maximum atomic E-state index is 13.4. The Labute approximate surface area is 223 Å². The van der Waals surface area contributed by atoms with Gasteiger partial charge < -0.3 is 14.3 Å². The van der Waals surface area contributed by atoms with Crippen molar-refractivity contribution in [2.24, 2.45) is 0 Å². The van der Waals surface area contributed by atoms with E-state index >= 15 is 0 Å². The average molecular weight is 508 g/mol. The highest BCUT2D eigenvalue weighted by Gasteiger charge is 2.26. The molecule has 1 aliphatic carbocycles. The minimum absolute atomic E-state index is 0.0523. The molecule has 3 heterocycles. The third-order valence-corrected chi connectivity index (χ3v) is 7.89. The molecule has 0 spiro atoms. The van der Waals surface area contributed by atoms with E-state index in [1.54, 1.807) is 0 Å². The number of rotatable bonds is 7. The zero-order valence-electron chi connectivity index (χ0n) is 21.6. The summed E-state index contributed by atoms with van der Waals surface area (Å²) in [5, 5.41) is 4.19. The summed E-state index contributed by atoms with van der Waals surface area (Å²) in [7, 11) is 0. The van der Waals surface area contributed by atoms with Crippen molar-refractivity contribution >= 4 is 11.7 Å². The smallest absolute Gasteiger partial charge is 0.230 e. The topological polar surface area (TPSA) is 75.4 Å². The summed E-state index contributed by atoms with van der Waals surface area (Å²) < 4.78 is 5.53. The standard InChI is InChI=1S/C31H33N5O2/c37-29(21-27(23-9-3-1-4-10-23)24-11-5-2-6-12-24)36-19-17-35(18-20-36)28-16-15-26(22-32-28)30-33-31(38-34-30)25-13-7-8-14-25/h1-6,9-12,15-16,22,25,27H,7-8,13-14,17-21H2. The number of benzene rings is 2. The molecular weight excluding hydrogens is 474 g/mol. The van der Waals surface area contributed by atoms with E-state index in [9.17, 15) is 4.79 Å². The van der Waals surface area contributed by atoms with Crippen molar-refractivity contribution in [2.45, 2.75) is 43.9 Å². The van der Waals surface area contributed by atoms with E-state index in [1.807, 2.05) is 59.6 Å². The van der Waals surface area contributed by atoms with Gasteiger partial charge in [-0.25, -0.2) is 4.98 Å². The van der Waals surface area contributed by atoms with E-state index in [1.165, 1.54) is 24.0 Å². The molecule has 194 valence electrons. The lowest BCUT2D eigenvalue weighted by molar-refractivity contribution is -0.131. The van der Waals surface area contributed by atoms with Gasteiger partial charge in [0.1, 0.15) is 5.82 Å². The first kappa shape index (κ1) is 24.3. The second-order valence-electron chi connectivity index (χ2n) is 10.3. The molecular formula is C31H33N5O2. The monoisotopic (exact) mass is 507 g/mol. The van der Waals surface area contributed by atoms with E-state index in [0.717, 1.165) is 43.2 Å². The second-order valence-corrected chi connectivity index (χ2v) is 10.3. The zero-order valence-corrected chi connectivity index (χ0v) is 21.6. The summed E-state index contributed by atoms with van der Waals surface area (Å²) in [4.78, 5) is 26.9. The van der Waals surface area contributed by atoms with Gasteiger partial charge >= 0.3 is 0 Å². The first-order valence-electron chi connectivity index (χ1n) is 13.7. The molecule has 7 heteroatoms. The van der Waals surface area contributed by atoms with Gasteiger partial charge in [-0.1, -0.05) is 78.7 Å². The van der Waals surface area contributed by atoms with Crippen LogP contribution >= 0.6 is 0 Å². The highest BCUT2D eigenvalue weighted by molar-refractivity contribution is 5.78. The van der Waals surface area contributed by atoms with E-state index in [4.69, 9.17) is 4.52 Å². The third-order valence-electron chi connectivity index (χ3n) is 7.89. The van der Waals surface area contributed by atoms with Gasteiger partial charge in [0.25, 0.3) is 0 Å². The molecule has 2 aliphatic rings. The molecule has 1 amide bonds. The Morgan fingerprint density at radius 1 is 0.868 bits per heavy atom. The number of carbonyl (C=O) groups is 1. The van der Waals surface area contributed by atoms with E-state index in [-0.39, 0.29) is 11.8 Å². The van der Waals surface area contributed by atoms with Gasteiger partial charge in [0.15, 0.2) is 0 Å². The van der Waals surface area contributed by atoms with Gasteiger partial charge in [-0.2, -0.15) is 4.98 Å². The van der Waals surface area contributed by atoms with Crippen molar-refractivity contribution in [3.63, 3.8) is 0 Å². The van der Waals surface area contributed by atoms with Gasteiger partial charge in [-0.05, 0) is 36.1 Å². The van der Waals surface area contributed by atoms with Gasteiger partial charge in [0.05, 0.1) is 0 Å². The number of hydrogen-bond donors (Lipinski definition) is 0.